The minimum Gasteiger partial charge on any atom is -0.356 e. The van der Waals surface area contributed by atoms with E-state index in [2.05, 4.69) is 15.2 Å². The fourth-order valence-corrected chi connectivity index (χ4v) is 2.71. The van der Waals surface area contributed by atoms with Gasteiger partial charge in [0.15, 0.2) is 0 Å². The van der Waals surface area contributed by atoms with Crippen LogP contribution in [0.25, 0.3) is 0 Å². The second-order valence-electron chi connectivity index (χ2n) is 4.42. The van der Waals surface area contributed by atoms with Crippen LogP contribution in [0, 0.1) is 11.8 Å². The maximum Gasteiger partial charge on any atom is 0.128 e. The summed E-state index contributed by atoms with van der Waals surface area (Å²) >= 11 is 5.82. The number of pyridine rings is 1. The van der Waals surface area contributed by atoms with E-state index in [0.717, 1.165) is 43.8 Å². The Balaban J connectivity index is 1.76. The van der Waals surface area contributed by atoms with Crippen molar-refractivity contribution in [2.45, 2.75) is 0 Å². The molecule has 3 rings (SSSR count). The van der Waals surface area contributed by atoms with Crippen molar-refractivity contribution in [1.82, 2.24) is 10.3 Å². The van der Waals surface area contributed by atoms with Gasteiger partial charge in [-0.25, -0.2) is 4.98 Å². The van der Waals surface area contributed by atoms with Crippen molar-refractivity contribution in [3.63, 3.8) is 0 Å². The summed E-state index contributed by atoms with van der Waals surface area (Å²) in [5.74, 6) is 2.68. The lowest BCUT2D eigenvalue weighted by Gasteiger charge is -2.18. The first-order valence-corrected chi connectivity index (χ1v) is 5.78. The van der Waals surface area contributed by atoms with Gasteiger partial charge in [-0.05, 0) is 24.0 Å². The maximum absolute atomic E-state index is 5.82. The first-order valence-electron chi connectivity index (χ1n) is 5.40. The van der Waals surface area contributed by atoms with Crippen molar-refractivity contribution < 1.29 is 0 Å². The molecule has 1 aromatic heterocycles. The molecule has 1 aromatic rings. The summed E-state index contributed by atoms with van der Waals surface area (Å²) in [5.41, 5.74) is 0. The van der Waals surface area contributed by atoms with Crippen LogP contribution in [0.5, 0.6) is 0 Å². The van der Waals surface area contributed by atoms with E-state index in [1.54, 1.807) is 6.20 Å². The molecule has 0 saturated carbocycles. The van der Waals surface area contributed by atoms with Gasteiger partial charge >= 0.3 is 0 Å². The summed E-state index contributed by atoms with van der Waals surface area (Å²) < 4.78 is 0. The van der Waals surface area contributed by atoms with E-state index < -0.39 is 0 Å². The van der Waals surface area contributed by atoms with Crippen molar-refractivity contribution in [1.29, 1.82) is 0 Å². The molecule has 2 saturated heterocycles. The molecule has 0 bridgehead atoms. The van der Waals surface area contributed by atoms with E-state index in [1.807, 2.05) is 12.1 Å². The molecule has 0 amide bonds. The number of hydrogen-bond donors (Lipinski definition) is 1. The molecule has 1 N–H and O–H groups in total. The third kappa shape index (κ3) is 1.70. The normalized spacial score (nSPS) is 29.5. The summed E-state index contributed by atoms with van der Waals surface area (Å²) in [7, 11) is 0. The van der Waals surface area contributed by atoms with Crippen LogP contribution in [0.15, 0.2) is 18.3 Å². The highest BCUT2D eigenvalue weighted by Crippen LogP contribution is 2.29. The Morgan fingerprint density at radius 3 is 2.60 bits per heavy atom. The second-order valence-corrected chi connectivity index (χ2v) is 4.85. The average Bonchev–Trinajstić information content (AvgIpc) is 2.78. The number of nitrogens with zero attached hydrogens (tertiary/aromatic N) is 2. The van der Waals surface area contributed by atoms with Gasteiger partial charge in [0, 0.05) is 32.4 Å². The van der Waals surface area contributed by atoms with Crippen LogP contribution in [0.3, 0.4) is 0 Å². The van der Waals surface area contributed by atoms with E-state index in [1.165, 1.54) is 0 Å². The van der Waals surface area contributed by atoms with Crippen molar-refractivity contribution in [3.05, 3.63) is 23.4 Å². The maximum atomic E-state index is 5.82. The third-order valence-corrected chi connectivity index (χ3v) is 3.65. The van der Waals surface area contributed by atoms with E-state index >= 15 is 0 Å². The molecule has 0 aliphatic carbocycles. The molecule has 3 nitrogen and oxygen atoms in total. The first kappa shape index (κ1) is 9.43. The molecular formula is C11H14ClN3. The fraction of sp³-hybridized carbons (Fsp3) is 0.545. The molecule has 3 heterocycles. The third-order valence-electron chi connectivity index (χ3n) is 3.43. The summed E-state index contributed by atoms with van der Waals surface area (Å²) in [6, 6.07) is 3.92. The van der Waals surface area contributed by atoms with Gasteiger partial charge in [-0.1, -0.05) is 11.6 Å². The molecule has 2 aliphatic heterocycles. The lowest BCUT2D eigenvalue weighted by atomic mass is 10.0. The van der Waals surface area contributed by atoms with Crippen molar-refractivity contribution >= 4 is 17.4 Å². The summed E-state index contributed by atoms with van der Waals surface area (Å²) in [4.78, 5) is 6.73. The summed E-state index contributed by atoms with van der Waals surface area (Å²) in [5, 5.41) is 4.15. The van der Waals surface area contributed by atoms with Crippen LogP contribution in [0.1, 0.15) is 0 Å². The molecule has 80 valence electrons. The molecule has 15 heavy (non-hydrogen) atoms. The summed E-state index contributed by atoms with van der Waals surface area (Å²) in [6.07, 6.45) is 1.73. The predicted molar refractivity (Wildman–Crippen MR) is 61.3 cm³/mol. The average molecular weight is 224 g/mol. The number of nitrogens with one attached hydrogen (secondary N) is 1. The van der Waals surface area contributed by atoms with Gasteiger partial charge in [-0.2, -0.15) is 0 Å². The largest absolute Gasteiger partial charge is 0.356 e. The first-order chi connectivity index (χ1) is 7.33. The van der Waals surface area contributed by atoms with Crippen molar-refractivity contribution in [2.75, 3.05) is 31.1 Å². The van der Waals surface area contributed by atoms with Crippen molar-refractivity contribution in [3.8, 4) is 0 Å². The van der Waals surface area contributed by atoms with Gasteiger partial charge in [0.2, 0.25) is 0 Å². The molecule has 2 atom stereocenters. The van der Waals surface area contributed by atoms with E-state index in [0.29, 0.717) is 5.02 Å². The topological polar surface area (TPSA) is 28.2 Å². The van der Waals surface area contributed by atoms with Crippen LogP contribution >= 0.6 is 11.6 Å². The Kier molecular flexibility index (Phi) is 2.29. The summed E-state index contributed by atoms with van der Waals surface area (Å²) in [6.45, 7) is 4.59. The molecule has 0 aromatic carbocycles. The lowest BCUT2D eigenvalue weighted by molar-refractivity contribution is 0.533. The quantitative estimate of drug-likeness (QED) is 0.780. The zero-order valence-electron chi connectivity index (χ0n) is 8.49. The Labute approximate surface area is 94.4 Å². The van der Waals surface area contributed by atoms with Gasteiger partial charge < -0.3 is 10.2 Å². The Bertz CT molecular complexity index is 339. The lowest BCUT2D eigenvalue weighted by Crippen LogP contribution is -2.25. The van der Waals surface area contributed by atoms with E-state index in [9.17, 15) is 0 Å². The number of aromatic nitrogens is 1. The van der Waals surface area contributed by atoms with E-state index in [-0.39, 0.29) is 0 Å². The minimum absolute atomic E-state index is 0.708. The molecule has 0 radical (unpaired) electrons. The number of hydrogen-bond acceptors (Lipinski definition) is 3. The number of rotatable bonds is 1. The molecular weight excluding hydrogens is 210 g/mol. The zero-order chi connectivity index (χ0) is 10.3. The highest BCUT2D eigenvalue weighted by Gasteiger charge is 2.36. The number of halogens is 1. The highest BCUT2D eigenvalue weighted by atomic mass is 35.5. The van der Waals surface area contributed by atoms with Crippen molar-refractivity contribution in [2.24, 2.45) is 11.8 Å². The highest BCUT2D eigenvalue weighted by molar-refractivity contribution is 6.30. The Hall–Kier alpha value is -0.800. The predicted octanol–water partition coefficient (Wildman–Crippen LogP) is 1.39. The molecule has 0 unspecified atom stereocenters. The van der Waals surface area contributed by atoms with Gasteiger partial charge in [-0.3, -0.25) is 0 Å². The monoisotopic (exact) mass is 223 g/mol. The van der Waals surface area contributed by atoms with Gasteiger partial charge in [0.1, 0.15) is 5.82 Å². The zero-order valence-corrected chi connectivity index (χ0v) is 9.24. The van der Waals surface area contributed by atoms with Crippen LogP contribution in [0.4, 0.5) is 5.82 Å². The van der Waals surface area contributed by atoms with Gasteiger partial charge in [0.25, 0.3) is 0 Å². The van der Waals surface area contributed by atoms with Crippen LogP contribution in [-0.4, -0.2) is 31.2 Å². The van der Waals surface area contributed by atoms with E-state index in [4.69, 9.17) is 11.6 Å². The molecule has 2 aliphatic rings. The number of fused-ring (bicyclic) bond motifs is 1. The molecule has 2 fully saturated rings. The fourth-order valence-electron chi connectivity index (χ4n) is 2.60. The van der Waals surface area contributed by atoms with Gasteiger partial charge in [0.05, 0.1) is 5.02 Å². The Morgan fingerprint density at radius 1 is 1.27 bits per heavy atom. The molecule has 4 heteroatoms. The smallest absolute Gasteiger partial charge is 0.128 e. The Morgan fingerprint density at radius 2 is 2.00 bits per heavy atom. The standard InChI is InChI=1S/C11H14ClN3/c12-10-1-2-11(14-5-10)15-6-8-3-13-4-9(8)7-15/h1-2,5,8-9,13H,3-4,6-7H2/t8-,9+. The number of anilines is 1. The van der Waals surface area contributed by atoms with Gasteiger partial charge in [-0.15, -0.1) is 0 Å². The SMILES string of the molecule is Clc1ccc(N2C[C@H]3CNC[C@H]3C2)nc1. The van der Waals surface area contributed by atoms with Crippen LogP contribution in [0.2, 0.25) is 5.02 Å². The molecule has 0 spiro atoms. The van der Waals surface area contributed by atoms with Crippen LogP contribution in [-0.2, 0) is 0 Å². The van der Waals surface area contributed by atoms with Crippen LogP contribution < -0.4 is 10.2 Å². The minimum atomic E-state index is 0.708. The second kappa shape index (κ2) is 3.65.